The van der Waals surface area contributed by atoms with E-state index in [0.717, 1.165) is 6.07 Å². The van der Waals surface area contributed by atoms with Crippen molar-refractivity contribution in [1.29, 1.82) is 0 Å². The summed E-state index contributed by atoms with van der Waals surface area (Å²) in [6.07, 6.45) is 1.47. The standard InChI is InChI=1S/C16H15FN2O5/c17-13-6-2-1-5-12(13)16(22)19-9-15(21)24-10-14(20)18-8-11-4-3-7-23-11/h1-7H,8-10H2,(H,18,20)(H,19,22). The van der Waals surface area contributed by atoms with E-state index >= 15 is 0 Å². The van der Waals surface area contributed by atoms with Gasteiger partial charge in [0, 0.05) is 0 Å². The molecule has 2 rings (SSSR count). The molecule has 2 aromatic rings. The van der Waals surface area contributed by atoms with Crippen LogP contribution in [0.3, 0.4) is 0 Å². The third-order valence-corrected chi connectivity index (χ3v) is 2.92. The molecule has 126 valence electrons. The molecule has 0 saturated carbocycles. The molecule has 0 radical (unpaired) electrons. The topological polar surface area (TPSA) is 97.6 Å². The van der Waals surface area contributed by atoms with Crippen LogP contribution in [-0.4, -0.2) is 30.9 Å². The van der Waals surface area contributed by atoms with Crippen LogP contribution < -0.4 is 10.6 Å². The van der Waals surface area contributed by atoms with Crippen LogP contribution in [0.1, 0.15) is 16.1 Å². The van der Waals surface area contributed by atoms with Gasteiger partial charge in [0.15, 0.2) is 6.61 Å². The molecule has 7 nitrogen and oxygen atoms in total. The average Bonchev–Trinajstić information content (AvgIpc) is 3.10. The summed E-state index contributed by atoms with van der Waals surface area (Å²) in [6.45, 7) is -0.791. The molecular formula is C16H15FN2O5. The van der Waals surface area contributed by atoms with Crippen LogP contribution in [0.5, 0.6) is 0 Å². The van der Waals surface area contributed by atoms with Gasteiger partial charge >= 0.3 is 5.97 Å². The van der Waals surface area contributed by atoms with Crippen LogP contribution in [0, 0.1) is 5.82 Å². The highest BCUT2D eigenvalue weighted by molar-refractivity contribution is 5.96. The maximum Gasteiger partial charge on any atom is 0.325 e. The van der Waals surface area contributed by atoms with E-state index in [4.69, 9.17) is 9.15 Å². The van der Waals surface area contributed by atoms with Crippen molar-refractivity contribution in [3.05, 3.63) is 59.8 Å². The number of amides is 2. The number of furan rings is 1. The Balaban J connectivity index is 1.67. The van der Waals surface area contributed by atoms with E-state index in [2.05, 4.69) is 10.6 Å². The summed E-state index contributed by atoms with van der Waals surface area (Å²) in [5.74, 6) is -2.20. The van der Waals surface area contributed by atoms with Crippen molar-refractivity contribution in [2.45, 2.75) is 6.54 Å². The summed E-state index contributed by atoms with van der Waals surface area (Å²) in [4.78, 5) is 34.6. The molecule has 8 heteroatoms. The van der Waals surface area contributed by atoms with Crippen molar-refractivity contribution in [1.82, 2.24) is 10.6 Å². The van der Waals surface area contributed by atoms with Crippen LogP contribution in [0.15, 0.2) is 47.1 Å². The molecule has 0 atom stereocenters. The first-order valence-electron chi connectivity index (χ1n) is 7.03. The minimum absolute atomic E-state index is 0.174. The molecule has 1 aromatic heterocycles. The Hall–Kier alpha value is -3.16. The number of carbonyl (C=O) groups excluding carboxylic acids is 3. The predicted molar refractivity (Wildman–Crippen MR) is 80.2 cm³/mol. The molecular weight excluding hydrogens is 319 g/mol. The summed E-state index contributed by atoms with van der Waals surface area (Å²) in [5.41, 5.74) is -0.179. The predicted octanol–water partition coefficient (Wildman–Crippen LogP) is 1.01. The highest BCUT2D eigenvalue weighted by atomic mass is 19.1. The lowest BCUT2D eigenvalue weighted by atomic mass is 10.2. The van der Waals surface area contributed by atoms with E-state index in [0.29, 0.717) is 5.76 Å². The number of benzene rings is 1. The fourth-order valence-corrected chi connectivity index (χ4v) is 1.74. The van der Waals surface area contributed by atoms with Gasteiger partial charge in [-0.05, 0) is 24.3 Å². The fraction of sp³-hybridized carbons (Fsp3) is 0.188. The van der Waals surface area contributed by atoms with E-state index in [1.54, 1.807) is 12.1 Å². The van der Waals surface area contributed by atoms with Crippen molar-refractivity contribution >= 4 is 17.8 Å². The van der Waals surface area contributed by atoms with E-state index in [1.807, 2.05) is 0 Å². The number of hydrogen-bond donors (Lipinski definition) is 2. The second kappa shape index (κ2) is 8.47. The van der Waals surface area contributed by atoms with Gasteiger partial charge in [-0.2, -0.15) is 0 Å². The number of carbonyl (C=O) groups is 3. The maximum atomic E-state index is 13.4. The van der Waals surface area contributed by atoms with Crippen LogP contribution in [0.4, 0.5) is 4.39 Å². The lowest BCUT2D eigenvalue weighted by Crippen LogP contribution is -2.34. The molecule has 0 aliphatic carbocycles. The van der Waals surface area contributed by atoms with Crippen LogP contribution >= 0.6 is 0 Å². The Kier molecular flexibility index (Phi) is 6.07. The lowest BCUT2D eigenvalue weighted by molar-refractivity contribution is -0.147. The van der Waals surface area contributed by atoms with Gasteiger partial charge in [0.1, 0.15) is 18.1 Å². The highest BCUT2D eigenvalue weighted by Gasteiger charge is 2.13. The molecule has 0 saturated heterocycles. The van der Waals surface area contributed by atoms with Gasteiger partial charge in [0.25, 0.3) is 11.8 Å². The Bertz CT molecular complexity index is 715. The summed E-state index contributed by atoms with van der Waals surface area (Å²) in [5, 5.41) is 4.71. The van der Waals surface area contributed by atoms with Gasteiger partial charge in [-0.25, -0.2) is 4.39 Å². The van der Waals surface area contributed by atoms with E-state index in [1.165, 1.54) is 24.5 Å². The van der Waals surface area contributed by atoms with Crippen molar-refractivity contribution in [2.24, 2.45) is 0 Å². The van der Waals surface area contributed by atoms with Crippen LogP contribution in [0.2, 0.25) is 0 Å². The third-order valence-electron chi connectivity index (χ3n) is 2.92. The number of ether oxygens (including phenoxy) is 1. The third kappa shape index (κ3) is 5.24. The Morgan fingerprint density at radius 3 is 2.58 bits per heavy atom. The second-order valence-corrected chi connectivity index (χ2v) is 4.68. The average molecular weight is 334 g/mol. The highest BCUT2D eigenvalue weighted by Crippen LogP contribution is 2.05. The summed E-state index contributed by atoms with van der Waals surface area (Å²) < 4.78 is 23.1. The maximum absolute atomic E-state index is 13.4. The number of nitrogens with one attached hydrogen (secondary N) is 2. The van der Waals surface area contributed by atoms with Crippen molar-refractivity contribution < 1.29 is 27.9 Å². The monoisotopic (exact) mass is 334 g/mol. The van der Waals surface area contributed by atoms with E-state index < -0.39 is 36.8 Å². The molecule has 0 spiro atoms. The molecule has 24 heavy (non-hydrogen) atoms. The fourth-order valence-electron chi connectivity index (χ4n) is 1.74. The molecule has 0 aliphatic heterocycles. The van der Waals surface area contributed by atoms with Gasteiger partial charge in [0.2, 0.25) is 0 Å². The Morgan fingerprint density at radius 2 is 1.88 bits per heavy atom. The van der Waals surface area contributed by atoms with Crippen molar-refractivity contribution in [3.8, 4) is 0 Å². The van der Waals surface area contributed by atoms with Gasteiger partial charge < -0.3 is 19.8 Å². The minimum Gasteiger partial charge on any atom is -0.467 e. The first kappa shape index (κ1) is 17.2. The number of halogens is 1. The number of esters is 1. The molecule has 0 aliphatic rings. The Labute approximate surface area is 136 Å². The van der Waals surface area contributed by atoms with Crippen molar-refractivity contribution in [3.63, 3.8) is 0 Å². The molecule has 2 N–H and O–H groups in total. The summed E-state index contributed by atoms with van der Waals surface area (Å²) >= 11 is 0. The molecule has 1 aromatic carbocycles. The van der Waals surface area contributed by atoms with Gasteiger partial charge in [-0.1, -0.05) is 12.1 Å². The van der Waals surface area contributed by atoms with Crippen molar-refractivity contribution in [2.75, 3.05) is 13.2 Å². The first-order chi connectivity index (χ1) is 11.6. The largest absolute Gasteiger partial charge is 0.467 e. The first-order valence-corrected chi connectivity index (χ1v) is 7.03. The van der Waals surface area contributed by atoms with Gasteiger partial charge in [-0.3, -0.25) is 14.4 Å². The number of rotatable bonds is 7. The quantitative estimate of drug-likeness (QED) is 0.737. The zero-order valence-corrected chi connectivity index (χ0v) is 12.6. The van der Waals surface area contributed by atoms with E-state index in [-0.39, 0.29) is 12.1 Å². The van der Waals surface area contributed by atoms with E-state index in [9.17, 15) is 18.8 Å². The minimum atomic E-state index is -0.812. The molecule has 0 fully saturated rings. The zero-order valence-electron chi connectivity index (χ0n) is 12.6. The molecule has 0 unspecified atom stereocenters. The molecule has 2 amide bonds. The summed E-state index contributed by atoms with van der Waals surface area (Å²) in [6, 6.07) is 8.74. The van der Waals surface area contributed by atoms with Crippen LogP contribution in [0.25, 0.3) is 0 Å². The molecule has 0 bridgehead atoms. The second-order valence-electron chi connectivity index (χ2n) is 4.68. The SMILES string of the molecule is O=C(COC(=O)CNC(=O)c1ccccc1F)NCc1ccco1. The summed E-state index contributed by atoms with van der Waals surface area (Å²) in [7, 11) is 0. The molecule has 1 heterocycles. The zero-order chi connectivity index (χ0) is 17.4. The van der Waals surface area contributed by atoms with Gasteiger partial charge in [0.05, 0.1) is 18.4 Å². The smallest absolute Gasteiger partial charge is 0.325 e. The lowest BCUT2D eigenvalue weighted by Gasteiger charge is -2.07. The Morgan fingerprint density at radius 1 is 1.08 bits per heavy atom. The number of hydrogen-bond acceptors (Lipinski definition) is 5. The normalized spacial score (nSPS) is 10.0. The van der Waals surface area contributed by atoms with Crippen LogP contribution in [-0.2, 0) is 20.9 Å². The van der Waals surface area contributed by atoms with Gasteiger partial charge in [-0.15, -0.1) is 0 Å².